The molecule has 34 heavy (non-hydrogen) atoms. The first kappa shape index (κ1) is 22.5. The van der Waals surface area contributed by atoms with Crippen LogP contribution in [0.15, 0.2) is 54.9 Å². The van der Waals surface area contributed by atoms with Crippen molar-refractivity contribution < 1.29 is 9.59 Å². The second kappa shape index (κ2) is 9.14. The third kappa shape index (κ3) is 4.28. The summed E-state index contributed by atoms with van der Waals surface area (Å²) in [6, 6.07) is 13.7. The Balaban J connectivity index is 1.23. The highest BCUT2D eigenvalue weighted by Crippen LogP contribution is 2.29. The Bertz CT molecular complexity index is 1230. The minimum absolute atomic E-state index is 0.0174. The lowest BCUT2D eigenvalue weighted by Crippen LogP contribution is -2.51. The highest BCUT2D eigenvalue weighted by Gasteiger charge is 2.38. The van der Waals surface area contributed by atoms with E-state index < -0.39 is 0 Å². The van der Waals surface area contributed by atoms with Gasteiger partial charge in [0.05, 0.1) is 5.92 Å². The molecule has 0 aliphatic carbocycles. The number of benzene rings is 2. The molecule has 1 unspecified atom stereocenters. The first-order chi connectivity index (χ1) is 16.4. The Hall–Kier alpha value is -3.32. The highest BCUT2D eigenvalue weighted by atomic mass is 35.5. The molecule has 7 nitrogen and oxygen atoms in total. The van der Waals surface area contributed by atoms with Crippen LogP contribution in [0.4, 0.5) is 11.6 Å². The molecule has 2 aliphatic rings. The van der Waals surface area contributed by atoms with Crippen LogP contribution in [0.3, 0.4) is 0 Å². The number of aryl methyl sites for hydroxylation is 2. The quantitative estimate of drug-likeness (QED) is 0.572. The van der Waals surface area contributed by atoms with Gasteiger partial charge in [-0.25, -0.2) is 4.98 Å². The van der Waals surface area contributed by atoms with Crippen LogP contribution in [-0.4, -0.2) is 59.0 Å². The predicted octanol–water partition coefficient (Wildman–Crippen LogP) is 3.84. The summed E-state index contributed by atoms with van der Waals surface area (Å²) in [5.41, 5.74) is 4.17. The number of halogens is 1. The monoisotopic (exact) mass is 477 g/mol. The molecule has 0 radical (unpaired) electrons. The lowest BCUT2D eigenvalue weighted by atomic mass is 10.1. The maximum atomic E-state index is 13.3. The minimum atomic E-state index is -0.297. The number of hydrogen-bond acceptors (Lipinski definition) is 4. The van der Waals surface area contributed by atoms with E-state index in [-0.39, 0.29) is 24.2 Å². The van der Waals surface area contributed by atoms with Gasteiger partial charge in [0.2, 0.25) is 17.8 Å². The van der Waals surface area contributed by atoms with E-state index in [1.54, 1.807) is 11.1 Å². The molecule has 176 valence electrons. The second-order valence-corrected chi connectivity index (χ2v) is 9.50. The summed E-state index contributed by atoms with van der Waals surface area (Å²) in [6.07, 6.45) is 3.97. The summed E-state index contributed by atoms with van der Waals surface area (Å²) in [7, 11) is 0. The summed E-state index contributed by atoms with van der Waals surface area (Å²) in [6.45, 7) is 7.12. The second-order valence-electron chi connectivity index (χ2n) is 9.06. The molecule has 0 bridgehead atoms. The molecule has 2 fully saturated rings. The fraction of sp³-hybridized carbons (Fsp3) is 0.346. The van der Waals surface area contributed by atoms with Crippen LogP contribution in [0.5, 0.6) is 0 Å². The molecular formula is C26H28ClN5O2. The van der Waals surface area contributed by atoms with Crippen molar-refractivity contribution in [1.29, 1.82) is 0 Å². The number of carbonyl (C=O) groups is 2. The van der Waals surface area contributed by atoms with Gasteiger partial charge in [-0.3, -0.25) is 14.2 Å². The fourth-order valence-corrected chi connectivity index (χ4v) is 4.94. The normalized spacial score (nSPS) is 18.6. The van der Waals surface area contributed by atoms with Crippen LogP contribution in [0.1, 0.15) is 17.5 Å². The molecule has 1 aromatic heterocycles. The van der Waals surface area contributed by atoms with Gasteiger partial charge >= 0.3 is 0 Å². The van der Waals surface area contributed by atoms with E-state index in [9.17, 15) is 9.59 Å². The number of imidazole rings is 1. The van der Waals surface area contributed by atoms with Crippen LogP contribution in [0.2, 0.25) is 5.02 Å². The van der Waals surface area contributed by atoms with E-state index in [0.29, 0.717) is 37.7 Å². The van der Waals surface area contributed by atoms with Crippen LogP contribution < -0.4 is 9.80 Å². The Morgan fingerprint density at radius 1 is 1.00 bits per heavy atom. The van der Waals surface area contributed by atoms with Crippen molar-refractivity contribution >= 4 is 35.1 Å². The number of piperazine rings is 1. The fourth-order valence-electron chi connectivity index (χ4n) is 4.76. The average molecular weight is 478 g/mol. The third-order valence-electron chi connectivity index (χ3n) is 6.86. The Labute approximate surface area is 204 Å². The molecule has 8 heteroatoms. The van der Waals surface area contributed by atoms with Crippen LogP contribution in [0.25, 0.3) is 5.69 Å². The Morgan fingerprint density at radius 2 is 1.79 bits per heavy atom. The number of anilines is 2. The van der Waals surface area contributed by atoms with E-state index in [1.165, 1.54) is 5.56 Å². The summed E-state index contributed by atoms with van der Waals surface area (Å²) in [4.78, 5) is 36.3. The van der Waals surface area contributed by atoms with Crippen LogP contribution in [0, 0.1) is 19.8 Å². The maximum Gasteiger partial charge on any atom is 0.228 e. The molecule has 5 rings (SSSR count). The highest BCUT2D eigenvalue weighted by molar-refractivity contribution is 6.30. The predicted molar refractivity (Wildman–Crippen MR) is 134 cm³/mol. The van der Waals surface area contributed by atoms with E-state index in [2.05, 4.69) is 16.8 Å². The van der Waals surface area contributed by atoms with Crippen LogP contribution in [-0.2, 0) is 9.59 Å². The summed E-state index contributed by atoms with van der Waals surface area (Å²) < 4.78 is 2.01. The van der Waals surface area contributed by atoms with Gasteiger partial charge in [0.25, 0.3) is 0 Å². The molecule has 2 aliphatic heterocycles. The summed E-state index contributed by atoms with van der Waals surface area (Å²) in [5, 5.41) is 0.675. The number of hydrogen-bond donors (Lipinski definition) is 0. The smallest absolute Gasteiger partial charge is 0.228 e. The summed E-state index contributed by atoms with van der Waals surface area (Å²) in [5.74, 6) is 0.627. The molecule has 3 heterocycles. The number of aromatic nitrogens is 2. The number of carbonyl (C=O) groups excluding carboxylic acids is 2. The average Bonchev–Trinajstić information content (AvgIpc) is 3.48. The topological polar surface area (TPSA) is 61.7 Å². The van der Waals surface area contributed by atoms with Gasteiger partial charge in [-0.05, 0) is 55.3 Å². The molecule has 0 N–H and O–H groups in total. The van der Waals surface area contributed by atoms with Gasteiger partial charge in [-0.2, -0.15) is 0 Å². The van der Waals surface area contributed by atoms with E-state index in [1.807, 2.05) is 65.1 Å². The van der Waals surface area contributed by atoms with E-state index >= 15 is 0 Å². The third-order valence-corrected chi connectivity index (χ3v) is 7.09. The molecule has 0 saturated carbocycles. The molecule has 2 aromatic carbocycles. The molecule has 0 spiro atoms. The van der Waals surface area contributed by atoms with Gasteiger partial charge < -0.3 is 14.7 Å². The SMILES string of the molecule is Cc1ccc(N2CC(C(=O)N3CCN(c4nccn4-c4cccc(Cl)c4)CC3)CC2=O)cc1C. The Morgan fingerprint density at radius 3 is 2.53 bits per heavy atom. The van der Waals surface area contributed by atoms with Crippen molar-refractivity contribution in [3.63, 3.8) is 0 Å². The standard InChI is InChI=1S/C26H28ClN5O2/c1-18-6-7-23(14-19(18)2)32-17-20(15-24(32)33)25(34)29-10-12-30(13-11-29)26-28-8-9-31(26)22-5-3-4-21(27)16-22/h3-9,14,16,20H,10-13,15,17H2,1-2H3. The van der Waals surface area contributed by atoms with E-state index in [0.717, 1.165) is 22.9 Å². The first-order valence-corrected chi connectivity index (χ1v) is 12.0. The lowest BCUT2D eigenvalue weighted by Gasteiger charge is -2.36. The first-order valence-electron chi connectivity index (χ1n) is 11.6. The van der Waals surface area contributed by atoms with Gasteiger partial charge in [-0.1, -0.05) is 23.7 Å². The molecular weight excluding hydrogens is 450 g/mol. The zero-order valence-electron chi connectivity index (χ0n) is 19.4. The van der Waals surface area contributed by atoms with Gasteiger partial charge in [-0.15, -0.1) is 0 Å². The van der Waals surface area contributed by atoms with E-state index in [4.69, 9.17) is 11.6 Å². The Kier molecular flexibility index (Phi) is 6.04. The van der Waals surface area contributed by atoms with Crippen molar-refractivity contribution in [2.75, 3.05) is 42.5 Å². The van der Waals surface area contributed by atoms with Crippen molar-refractivity contribution in [1.82, 2.24) is 14.5 Å². The molecule has 1 atom stereocenters. The zero-order valence-corrected chi connectivity index (χ0v) is 20.2. The van der Waals surface area contributed by atoms with Crippen molar-refractivity contribution in [2.45, 2.75) is 20.3 Å². The number of rotatable bonds is 4. The lowest BCUT2D eigenvalue weighted by molar-refractivity contribution is -0.136. The zero-order chi connectivity index (χ0) is 23.8. The molecule has 3 aromatic rings. The number of amides is 2. The summed E-state index contributed by atoms with van der Waals surface area (Å²) >= 11 is 6.17. The minimum Gasteiger partial charge on any atom is -0.339 e. The largest absolute Gasteiger partial charge is 0.339 e. The van der Waals surface area contributed by atoms with Crippen LogP contribution >= 0.6 is 11.6 Å². The van der Waals surface area contributed by atoms with Gasteiger partial charge in [0.15, 0.2) is 0 Å². The van der Waals surface area contributed by atoms with Gasteiger partial charge in [0, 0.05) is 67.9 Å². The van der Waals surface area contributed by atoms with Crippen molar-refractivity contribution in [3.05, 3.63) is 71.0 Å². The van der Waals surface area contributed by atoms with Crippen molar-refractivity contribution in [2.24, 2.45) is 5.92 Å². The molecule has 2 saturated heterocycles. The molecule has 2 amide bonds. The van der Waals surface area contributed by atoms with Crippen molar-refractivity contribution in [3.8, 4) is 5.69 Å². The van der Waals surface area contributed by atoms with Gasteiger partial charge in [0.1, 0.15) is 0 Å². The maximum absolute atomic E-state index is 13.3. The number of nitrogens with zero attached hydrogens (tertiary/aromatic N) is 5.